The molecule has 1 aliphatic heterocycles. The molecule has 0 radical (unpaired) electrons. The van der Waals surface area contributed by atoms with Gasteiger partial charge in [-0.2, -0.15) is 0 Å². The molecular weight excluding hydrogens is 376 g/mol. The zero-order valence-electron chi connectivity index (χ0n) is 16.8. The molecule has 150 valence electrons. The van der Waals surface area contributed by atoms with Crippen LogP contribution in [0.3, 0.4) is 0 Å². The molecule has 1 aromatic carbocycles. The zero-order chi connectivity index (χ0) is 20.5. The summed E-state index contributed by atoms with van der Waals surface area (Å²) in [7, 11) is 0. The smallest absolute Gasteiger partial charge is 0.219 e. The van der Waals surface area contributed by atoms with E-state index in [1.807, 2.05) is 45.9 Å². The van der Waals surface area contributed by atoms with E-state index in [4.69, 9.17) is 16.3 Å². The van der Waals surface area contributed by atoms with E-state index in [0.717, 1.165) is 11.1 Å². The molecular formula is C23H27ClO4. The molecule has 3 aliphatic rings. The Labute approximate surface area is 170 Å². The van der Waals surface area contributed by atoms with Crippen molar-refractivity contribution < 1.29 is 19.4 Å². The summed E-state index contributed by atoms with van der Waals surface area (Å²) in [6.07, 6.45) is 1.65. The van der Waals surface area contributed by atoms with E-state index in [-0.39, 0.29) is 22.7 Å². The first kappa shape index (κ1) is 19.7. The second-order valence-electron chi connectivity index (χ2n) is 10.2. The Kier molecular flexibility index (Phi) is 4.33. The monoisotopic (exact) mass is 402 g/mol. The van der Waals surface area contributed by atoms with Gasteiger partial charge in [0.2, 0.25) is 5.79 Å². The Hall–Kier alpha value is -1.65. The van der Waals surface area contributed by atoms with Gasteiger partial charge >= 0.3 is 0 Å². The lowest BCUT2D eigenvalue weighted by molar-refractivity contribution is -0.251. The number of carbonyl (C=O) groups is 2. The maximum absolute atomic E-state index is 13.3. The third kappa shape index (κ3) is 3.11. The van der Waals surface area contributed by atoms with Crippen LogP contribution in [0.5, 0.6) is 0 Å². The molecule has 1 heterocycles. The number of carbonyl (C=O) groups excluding carboxylic acids is 2. The molecule has 0 aromatic heterocycles. The molecule has 4 rings (SSSR count). The largest absolute Gasteiger partial charge is 0.458 e. The number of benzene rings is 1. The van der Waals surface area contributed by atoms with Crippen LogP contribution < -0.4 is 0 Å². The van der Waals surface area contributed by atoms with Crippen LogP contribution >= 0.6 is 11.6 Å². The van der Waals surface area contributed by atoms with Crippen molar-refractivity contribution in [3.8, 4) is 0 Å². The number of aliphatic hydroxyl groups is 1. The Morgan fingerprint density at radius 3 is 2.39 bits per heavy atom. The first-order valence-electron chi connectivity index (χ1n) is 9.87. The topological polar surface area (TPSA) is 63.6 Å². The van der Waals surface area contributed by atoms with E-state index in [1.165, 1.54) is 0 Å². The van der Waals surface area contributed by atoms with Gasteiger partial charge in [0.15, 0.2) is 11.5 Å². The number of ether oxygens (including phenoxy) is 1. The lowest BCUT2D eigenvalue weighted by Gasteiger charge is -2.53. The molecule has 0 saturated heterocycles. The minimum absolute atomic E-state index is 0.0361. The molecule has 1 N–H and O–H groups in total. The standard InChI is InChI=1S/C23H27ClO4/c1-21(2)9-14-18(13-7-5-6-8-15(13)24)19-16(25)10-22(3,4)12-23(19,27)28-20(14)17(26)11-21/h5-8,18-19,27H,9-12H2,1-4H3/t18-,19-,23-/m1/s1. The van der Waals surface area contributed by atoms with Gasteiger partial charge < -0.3 is 9.84 Å². The highest BCUT2D eigenvalue weighted by Gasteiger charge is 2.61. The number of rotatable bonds is 1. The molecule has 0 amide bonds. The third-order valence-electron chi connectivity index (χ3n) is 6.30. The predicted molar refractivity (Wildman–Crippen MR) is 107 cm³/mol. The summed E-state index contributed by atoms with van der Waals surface area (Å²) in [5.74, 6) is -2.81. The Balaban J connectivity index is 1.95. The highest BCUT2D eigenvalue weighted by Crippen LogP contribution is 2.58. The van der Waals surface area contributed by atoms with E-state index in [9.17, 15) is 14.7 Å². The molecule has 2 aliphatic carbocycles. The lowest BCUT2D eigenvalue weighted by atomic mass is 9.58. The lowest BCUT2D eigenvalue weighted by Crippen LogP contribution is -2.58. The summed E-state index contributed by atoms with van der Waals surface area (Å²) in [4.78, 5) is 26.2. The van der Waals surface area contributed by atoms with Crippen molar-refractivity contribution in [2.45, 2.75) is 65.1 Å². The number of fused-ring (bicyclic) bond motifs is 1. The second kappa shape index (κ2) is 6.17. The van der Waals surface area contributed by atoms with Crippen molar-refractivity contribution in [1.29, 1.82) is 0 Å². The Morgan fingerprint density at radius 1 is 1.04 bits per heavy atom. The maximum atomic E-state index is 13.3. The van der Waals surface area contributed by atoms with Gasteiger partial charge in [0.25, 0.3) is 0 Å². The van der Waals surface area contributed by atoms with Gasteiger partial charge in [-0.15, -0.1) is 0 Å². The summed E-state index contributed by atoms with van der Waals surface area (Å²) < 4.78 is 6.01. The summed E-state index contributed by atoms with van der Waals surface area (Å²) in [5, 5.41) is 12.1. The van der Waals surface area contributed by atoms with Crippen LogP contribution in [0, 0.1) is 16.7 Å². The van der Waals surface area contributed by atoms with E-state index in [1.54, 1.807) is 6.07 Å². The highest BCUT2D eigenvalue weighted by molar-refractivity contribution is 6.31. The van der Waals surface area contributed by atoms with Crippen molar-refractivity contribution in [3.05, 3.63) is 46.2 Å². The van der Waals surface area contributed by atoms with E-state index in [0.29, 0.717) is 30.7 Å². The molecule has 0 unspecified atom stereocenters. The minimum atomic E-state index is -1.70. The molecule has 5 heteroatoms. The summed E-state index contributed by atoms with van der Waals surface area (Å²) in [6.45, 7) is 7.99. The fourth-order valence-electron chi connectivity index (χ4n) is 5.44. The van der Waals surface area contributed by atoms with Crippen LogP contribution in [0.1, 0.15) is 64.9 Å². The van der Waals surface area contributed by atoms with Gasteiger partial charge in [0.05, 0.1) is 5.92 Å². The first-order valence-corrected chi connectivity index (χ1v) is 10.3. The molecule has 0 bridgehead atoms. The van der Waals surface area contributed by atoms with Gasteiger partial charge in [0, 0.05) is 30.2 Å². The minimum Gasteiger partial charge on any atom is -0.458 e. The maximum Gasteiger partial charge on any atom is 0.219 e. The number of ketones is 2. The normalized spacial score (nSPS) is 33.8. The summed E-state index contributed by atoms with van der Waals surface area (Å²) in [6, 6.07) is 7.40. The Bertz CT molecular complexity index is 898. The molecule has 28 heavy (non-hydrogen) atoms. The van der Waals surface area contributed by atoms with E-state index >= 15 is 0 Å². The number of halogens is 1. The number of hydrogen-bond acceptors (Lipinski definition) is 4. The Morgan fingerprint density at radius 2 is 1.71 bits per heavy atom. The molecule has 1 fully saturated rings. The van der Waals surface area contributed by atoms with Gasteiger partial charge in [-0.05, 0) is 34.5 Å². The average Bonchev–Trinajstić information content (AvgIpc) is 2.52. The van der Waals surface area contributed by atoms with Gasteiger partial charge in [-0.25, -0.2) is 0 Å². The zero-order valence-corrected chi connectivity index (χ0v) is 17.6. The molecule has 1 saturated carbocycles. The molecule has 1 aromatic rings. The summed E-state index contributed by atoms with van der Waals surface area (Å²) in [5.41, 5.74) is 0.951. The van der Waals surface area contributed by atoms with Crippen molar-refractivity contribution in [1.82, 2.24) is 0 Å². The third-order valence-corrected chi connectivity index (χ3v) is 6.64. The molecule has 3 atom stereocenters. The van der Waals surface area contributed by atoms with Crippen LogP contribution in [-0.4, -0.2) is 22.5 Å². The summed E-state index contributed by atoms with van der Waals surface area (Å²) >= 11 is 6.54. The number of hydrogen-bond donors (Lipinski definition) is 1. The van der Waals surface area contributed by atoms with Crippen molar-refractivity contribution in [3.63, 3.8) is 0 Å². The van der Waals surface area contributed by atoms with Crippen LogP contribution in [-0.2, 0) is 14.3 Å². The second-order valence-corrected chi connectivity index (χ2v) is 10.6. The quantitative estimate of drug-likeness (QED) is 0.733. The van der Waals surface area contributed by atoms with Gasteiger partial charge in [0.1, 0.15) is 5.78 Å². The van der Waals surface area contributed by atoms with Crippen molar-refractivity contribution in [2.75, 3.05) is 0 Å². The van der Waals surface area contributed by atoms with Gasteiger partial charge in [-0.1, -0.05) is 57.5 Å². The average molecular weight is 403 g/mol. The SMILES string of the molecule is CC1(C)CC(=O)C2=C(C1)[C@@H](c1ccccc1Cl)[C@H]1C(=O)CC(C)(C)C[C@@]1(O)O2. The molecule has 4 nitrogen and oxygen atoms in total. The number of Topliss-reactive ketones (excluding diaryl/α,β-unsaturated/α-hetero) is 2. The van der Waals surface area contributed by atoms with Gasteiger partial charge in [-0.3, -0.25) is 9.59 Å². The van der Waals surface area contributed by atoms with Crippen molar-refractivity contribution >= 4 is 23.2 Å². The van der Waals surface area contributed by atoms with Crippen LogP contribution in [0.2, 0.25) is 5.02 Å². The molecule has 0 spiro atoms. The fraction of sp³-hybridized carbons (Fsp3) is 0.565. The van der Waals surface area contributed by atoms with Crippen LogP contribution in [0.4, 0.5) is 0 Å². The number of allylic oxidation sites excluding steroid dienone is 2. The highest BCUT2D eigenvalue weighted by atomic mass is 35.5. The predicted octanol–water partition coefficient (Wildman–Crippen LogP) is 4.79. The van der Waals surface area contributed by atoms with E-state index in [2.05, 4.69) is 0 Å². The van der Waals surface area contributed by atoms with Crippen LogP contribution in [0.25, 0.3) is 0 Å². The van der Waals surface area contributed by atoms with E-state index < -0.39 is 23.0 Å². The van der Waals surface area contributed by atoms with Crippen LogP contribution in [0.15, 0.2) is 35.6 Å². The first-order chi connectivity index (χ1) is 12.9. The fourth-order valence-corrected chi connectivity index (χ4v) is 5.69. The van der Waals surface area contributed by atoms with Crippen molar-refractivity contribution in [2.24, 2.45) is 16.7 Å².